The van der Waals surface area contributed by atoms with Gasteiger partial charge in [0, 0.05) is 18.8 Å². The van der Waals surface area contributed by atoms with Crippen LogP contribution in [-0.4, -0.2) is 16.6 Å². The first-order chi connectivity index (χ1) is 5.65. The van der Waals surface area contributed by atoms with Gasteiger partial charge in [-0.25, -0.2) is 4.98 Å². The second-order valence-corrected chi connectivity index (χ2v) is 3.74. The number of aromatic nitrogens is 2. The molecule has 68 valence electrons. The molecule has 0 bridgehead atoms. The van der Waals surface area contributed by atoms with E-state index in [1.54, 1.807) is 0 Å². The number of imidazole rings is 1. The third kappa shape index (κ3) is 2.08. The monoisotopic (exact) mass is 231 g/mol. The fraction of sp³-hybridized carbons (Fsp3) is 0.625. The molecule has 1 N–H and O–H groups in total. The Balaban J connectivity index is 2.85. The Morgan fingerprint density at radius 3 is 2.75 bits per heavy atom. The Bertz CT molecular complexity index is 255. The molecule has 3 nitrogen and oxygen atoms in total. The van der Waals surface area contributed by atoms with E-state index in [9.17, 15) is 0 Å². The van der Waals surface area contributed by atoms with Gasteiger partial charge in [0.2, 0.25) is 0 Å². The highest BCUT2D eigenvalue weighted by molar-refractivity contribution is 9.10. The number of hydrogen-bond acceptors (Lipinski definition) is 2. The molecule has 0 atom stereocenters. The molecule has 0 fully saturated rings. The Morgan fingerprint density at radius 1 is 1.67 bits per heavy atom. The van der Waals surface area contributed by atoms with Gasteiger partial charge in [-0.1, -0.05) is 0 Å². The Kier molecular flexibility index (Phi) is 3.29. The highest BCUT2D eigenvalue weighted by atomic mass is 79.9. The van der Waals surface area contributed by atoms with Crippen LogP contribution in [0.15, 0.2) is 10.9 Å². The summed E-state index contributed by atoms with van der Waals surface area (Å²) in [5.74, 6) is 0. The Labute approximate surface area is 81.3 Å². The van der Waals surface area contributed by atoms with E-state index in [2.05, 4.69) is 50.8 Å². The molecule has 0 saturated heterocycles. The second-order valence-electron chi connectivity index (χ2n) is 3.03. The van der Waals surface area contributed by atoms with Crippen LogP contribution in [-0.2, 0) is 6.54 Å². The van der Waals surface area contributed by atoms with E-state index in [0.29, 0.717) is 6.04 Å². The molecule has 0 saturated carbocycles. The largest absolute Gasteiger partial charge is 0.323 e. The molecule has 0 aliphatic heterocycles. The van der Waals surface area contributed by atoms with E-state index >= 15 is 0 Å². The fourth-order valence-electron chi connectivity index (χ4n) is 1.05. The van der Waals surface area contributed by atoms with Gasteiger partial charge in [-0.2, -0.15) is 0 Å². The van der Waals surface area contributed by atoms with Crippen molar-refractivity contribution >= 4 is 15.9 Å². The van der Waals surface area contributed by atoms with Crippen molar-refractivity contribution in [2.24, 2.45) is 0 Å². The van der Waals surface area contributed by atoms with Gasteiger partial charge in [-0.15, -0.1) is 0 Å². The third-order valence-electron chi connectivity index (χ3n) is 1.65. The van der Waals surface area contributed by atoms with E-state index in [4.69, 9.17) is 0 Å². The van der Waals surface area contributed by atoms with Gasteiger partial charge >= 0.3 is 0 Å². The highest BCUT2D eigenvalue weighted by Crippen LogP contribution is 2.15. The zero-order valence-corrected chi connectivity index (χ0v) is 9.22. The first-order valence-electron chi connectivity index (χ1n) is 4.03. The van der Waals surface area contributed by atoms with E-state index in [0.717, 1.165) is 17.0 Å². The van der Waals surface area contributed by atoms with Crippen LogP contribution in [0.5, 0.6) is 0 Å². The lowest BCUT2D eigenvalue weighted by molar-refractivity contribution is 0.586. The van der Waals surface area contributed by atoms with Gasteiger partial charge in [0.05, 0.1) is 5.69 Å². The summed E-state index contributed by atoms with van der Waals surface area (Å²) in [6.45, 7) is 5.09. The van der Waals surface area contributed by atoms with Gasteiger partial charge in [0.1, 0.15) is 0 Å². The smallest absolute Gasteiger partial charge is 0.177 e. The molecule has 0 aromatic carbocycles. The lowest BCUT2D eigenvalue weighted by atomic mass is 10.4. The van der Waals surface area contributed by atoms with Gasteiger partial charge < -0.3 is 9.88 Å². The maximum atomic E-state index is 4.34. The molecule has 1 rings (SSSR count). The summed E-state index contributed by atoms with van der Waals surface area (Å²) in [6, 6.07) is 0.456. The van der Waals surface area contributed by atoms with Crippen LogP contribution in [0, 0.1) is 0 Å². The van der Waals surface area contributed by atoms with Gasteiger partial charge in [-0.3, -0.25) is 0 Å². The SMILES string of the molecule is CNCc1cn(C(C)C)c(Br)n1. The summed E-state index contributed by atoms with van der Waals surface area (Å²) < 4.78 is 3.01. The third-order valence-corrected chi connectivity index (χ3v) is 2.24. The van der Waals surface area contributed by atoms with E-state index in [1.807, 2.05) is 7.05 Å². The van der Waals surface area contributed by atoms with Crippen LogP contribution in [0.4, 0.5) is 0 Å². The lowest BCUT2D eigenvalue weighted by Gasteiger charge is -2.06. The first kappa shape index (κ1) is 9.74. The van der Waals surface area contributed by atoms with Crippen molar-refractivity contribution in [1.29, 1.82) is 0 Å². The molecular weight excluding hydrogens is 218 g/mol. The number of hydrogen-bond donors (Lipinski definition) is 1. The Hall–Kier alpha value is -0.350. The van der Waals surface area contributed by atoms with Crippen LogP contribution in [0.1, 0.15) is 25.6 Å². The van der Waals surface area contributed by atoms with Crippen LogP contribution in [0.3, 0.4) is 0 Å². The maximum Gasteiger partial charge on any atom is 0.177 e. The minimum absolute atomic E-state index is 0.456. The molecule has 1 heterocycles. The maximum absolute atomic E-state index is 4.34. The van der Waals surface area contributed by atoms with Crippen molar-refractivity contribution in [2.75, 3.05) is 7.05 Å². The minimum atomic E-state index is 0.456. The van der Waals surface area contributed by atoms with Crippen LogP contribution >= 0.6 is 15.9 Å². The predicted molar refractivity (Wildman–Crippen MR) is 53.1 cm³/mol. The molecule has 1 aromatic heterocycles. The molecule has 1 aromatic rings. The fourth-order valence-corrected chi connectivity index (χ4v) is 1.79. The quantitative estimate of drug-likeness (QED) is 0.863. The highest BCUT2D eigenvalue weighted by Gasteiger charge is 2.06. The summed E-state index contributed by atoms with van der Waals surface area (Å²) >= 11 is 3.41. The topological polar surface area (TPSA) is 29.9 Å². The molecule has 0 amide bonds. The van der Waals surface area contributed by atoms with Crippen LogP contribution < -0.4 is 5.32 Å². The number of halogens is 1. The normalized spacial score (nSPS) is 11.1. The molecule has 0 unspecified atom stereocenters. The minimum Gasteiger partial charge on any atom is -0.323 e. The zero-order chi connectivity index (χ0) is 9.14. The number of rotatable bonds is 3. The van der Waals surface area contributed by atoms with Gasteiger partial charge in [0.15, 0.2) is 4.73 Å². The molecule has 0 spiro atoms. The summed E-state index contributed by atoms with van der Waals surface area (Å²) in [7, 11) is 1.92. The van der Waals surface area contributed by atoms with E-state index < -0.39 is 0 Å². The zero-order valence-electron chi connectivity index (χ0n) is 7.63. The lowest BCUT2D eigenvalue weighted by Crippen LogP contribution is -2.05. The standard InChI is InChI=1S/C8H14BrN3/c1-6(2)12-5-7(4-10-3)11-8(12)9/h5-6,10H,4H2,1-3H3. The average Bonchev–Trinajstić information content (AvgIpc) is 2.32. The molecule has 0 radical (unpaired) electrons. The Morgan fingerprint density at radius 2 is 2.33 bits per heavy atom. The van der Waals surface area contributed by atoms with Crippen molar-refractivity contribution < 1.29 is 0 Å². The van der Waals surface area contributed by atoms with Crippen molar-refractivity contribution in [3.05, 3.63) is 16.6 Å². The van der Waals surface area contributed by atoms with Crippen LogP contribution in [0.2, 0.25) is 0 Å². The second kappa shape index (κ2) is 4.05. The summed E-state index contributed by atoms with van der Waals surface area (Å²) in [5.41, 5.74) is 1.07. The van der Waals surface area contributed by atoms with Crippen molar-refractivity contribution in [3.8, 4) is 0 Å². The van der Waals surface area contributed by atoms with Crippen molar-refractivity contribution in [1.82, 2.24) is 14.9 Å². The summed E-state index contributed by atoms with van der Waals surface area (Å²) in [6.07, 6.45) is 2.06. The molecule has 0 aliphatic rings. The van der Waals surface area contributed by atoms with E-state index in [1.165, 1.54) is 0 Å². The number of nitrogens with one attached hydrogen (secondary N) is 1. The average molecular weight is 232 g/mol. The van der Waals surface area contributed by atoms with Gasteiger partial charge in [-0.05, 0) is 36.8 Å². The molecule has 4 heteroatoms. The first-order valence-corrected chi connectivity index (χ1v) is 4.82. The predicted octanol–water partition coefficient (Wildman–Crippen LogP) is 1.95. The summed E-state index contributed by atoms with van der Waals surface area (Å²) in [5, 5.41) is 3.07. The molecule has 12 heavy (non-hydrogen) atoms. The van der Waals surface area contributed by atoms with Crippen molar-refractivity contribution in [2.45, 2.75) is 26.4 Å². The molecular formula is C8H14BrN3. The summed E-state index contributed by atoms with van der Waals surface area (Å²) in [4.78, 5) is 4.34. The van der Waals surface area contributed by atoms with Crippen molar-refractivity contribution in [3.63, 3.8) is 0 Å². The van der Waals surface area contributed by atoms with Gasteiger partial charge in [0.25, 0.3) is 0 Å². The molecule has 0 aliphatic carbocycles. The van der Waals surface area contributed by atoms with Crippen LogP contribution in [0.25, 0.3) is 0 Å². The van der Waals surface area contributed by atoms with E-state index in [-0.39, 0.29) is 0 Å². The number of nitrogens with zero attached hydrogens (tertiary/aromatic N) is 2.